The van der Waals surface area contributed by atoms with E-state index in [1.165, 1.54) is 6.20 Å². The molecule has 2 N–H and O–H groups in total. The van der Waals surface area contributed by atoms with Gasteiger partial charge in [0.15, 0.2) is 0 Å². The van der Waals surface area contributed by atoms with E-state index in [2.05, 4.69) is 25.9 Å². The van der Waals surface area contributed by atoms with E-state index < -0.39 is 30.8 Å². The van der Waals surface area contributed by atoms with Gasteiger partial charge in [0.2, 0.25) is 11.7 Å². The fourth-order valence-electron chi connectivity index (χ4n) is 4.99. The molecule has 226 valence electrons. The fourth-order valence-corrected chi connectivity index (χ4v) is 4.99. The molecule has 0 unspecified atom stereocenters. The van der Waals surface area contributed by atoms with Crippen LogP contribution in [0.25, 0.3) is 22.4 Å². The molecule has 1 fully saturated rings. The van der Waals surface area contributed by atoms with Gasteiger partial charge in [-0.25, -0.2) is 4.39 Å². The monoisotopic (exact) mass is 590 g/mol. The number of halogens is 4. The summed E-state index contributed by atoms with van der Waals surface area (Å²) < 4.78 is 63.8. The van der Waals surface area contributed by atoms with Gasteiger partial charge in [-0.2, -0.15) is 23.3 Å². The van der Waals surface area contributed by atoms with Gasteiger partial charge in [0.05, 0.1) is 41.1 Å². The Bertz CT molecular complexity index is 1560. The zero-order valence-corrected chi connectivity index (χ0v) is 23.9. The average Bonchev–Trinajstić information content (AvgIpc) is 3.68. The number of carbonyl (C=O) groups is 1. The number of nitrogens with one attached hydrogen (secondary N) is 2. The maximum atomic E-state index is 14.7. The van der Waals surface area contributed by atoms with Crippen LogP contribution >= 0.6 is 0 Å². The number of likely N-dealkylation sites (tertiary alicyclic amines) is 1. The van der Waals surface area contributed by atoms with Crippen LogP contribution in [0.5, 0.6) is 0 Å². The van der Waals surface area contributed by atoms with Crippen molar-refractivity contribution in [2.24, 2.45) is 0 Å². The number of carbonyl (C=O) groups excluding carboxylic acids is 1. The predicted molar refractivity (Wildman–Crippen MR) is 149 cm³/mol. The Labute approximate surface area is 240 Å². The van der Waals surface area contributed by atoms with Gasteiger partial charge in [-0.1, -0.05) is 18.1 Å². The van der Waals surface area contributed by atoms with Crippen LogP contribution in [-0.4, -0.2) is 73.8 Å². The van der Waals surface area contributed by atoms with Crippen LogP contribution in [0.3, 0.4) is 0 Å². The molecule has 3 aromatic heterocycles. The van der Waals surface area contributed by atoms with Crippen molar-refractivity contribution in [2.75, 3.05) is 25.5 Å². The molecule has 0 spiro atoms. The Hall–Kier alpha value is -3.94. The standard InChI is InChI=1S/C28H34F4N8O2/c1-5-27(2,3)40-14-17(12-34-40)26(41)33-13-24-36-25(37-42-24)23-11-18-20(35-21-9-10-38(4)15-19(21)29)7-6-8-22(18)39(23)16-28(30,31)32/h6-8,11-12,14,19,21,35H,5,9-10,13,15-16H2,1-4H3,(H,33,41)/t19-,21+/m0/s1. The Balaban J connectivity index is 1.39. The minimum absolute atomic E-state index is 0.0217. The number of alkyl halides is 4. The fraction of sp³-hybridized carbons (Fsp3) is 0.500. The third-order valence-electron chi connectivity index (χ3n) is 7.80. The van der Waals surface area contributed by atoms with Crippen LogP contribution in [0.15, 0.2) is 41.2 Å². The maximum absolute atomic E-state index is 14.7. The molecular formula is C28H34F4N8O2. The summed E-state index contributed by atoms with van der Waals surface area (Å²) in [6.45, 7) is 5.60. The maximum Gasteiger partial charge on any atom is 0.406 e. The Morgan fingerprint density at radius 1 is 1.24 bits per heavy atom. The quantitative estimate of drug-likeness (QED) is 0.265. The normalized spacial score (nSPS) is 18.5. The molecule has 5 rings (SSSR count). The molecule has 1 aliphatic rings. The van der Waals surface area contributed by atoms with Crippen molar-refractivity contribution in [3.8, 4) is 11.5 Å². The zero-order chi connectivity index (χ0) is 30.2. The topological polar surface area (TPSA) is 106 Å². The molecule has 1 aliphatic heterocycles. The highest BCUT2D eigenvalue weighted by Gasteiger charge is 2.32. The van der Waals surface area contributed by atoms with E-state index in [4.69, 9.17) is 4.52 Å². The number of anilines is 1. The Morgan fingerprint density at radius 2 is 2.02 bits per heavy atom. The molecule has 0 radical (unpaired) electrons. The zero-order valence-electron chi connectivity index (χ0n) is 23.9. The minimum Gasteiger partial charge on any atom is -0.379 e. The van der Waals surface area contributed by atoms with Gasteiger partial charge in [-0.15, -0.1) is 0 Å². The molecule has 14 heteroatoms. The summed E-state index contributed by atoms with van der Waals surface area (Å²) in [5.41, 5.74) is 0.991. The number of amides is 1. The van der Waals surface area contributed by atoms with Crippen molar-refractivity contribution in [1.29, 1.82) is 0 Å². The molecule has 42 heavy (non-hydrogen) atoms. The first-order valence-corrected chi connectivity index (χ1v) is 13.8. The largest absolute Gasteiger partial charge is 0.406 e. The summed E-state index contributed by atoms with van der Waals surface area (Å²) in [5, 5.41) is 14.5. The van der Waals surface area contributed by atoms with Crippen molar-refractivity contribution < 1.29 is 26.9 Å². The Morgan fingerprint density at radius 3 is 2.74 bits per heavy atom. The van der Waals surface area contributed by atoms with Crippen molar-refractivity contribution >= 4 is 22.5 Å². The molecular weight excluding hydrogens is 556 g/mol. The SMILES string of the molecule is CCC(C)(C)n1cc(C(=O)NCc2nc(-c3cc4c(N[C@@H]5CCN(C)C[C@@H]5F)cccc4n3CC(F)(F)F)no2)cn1. The van der Waals surface area contributed by atoms with E-state index >= 15 is 0 Å². The van der Waals surface area contributed by atoms with Crippen molar-refractivity contribution in [3.05, 3.63) is 48.1 Å². The molecule has 0 saturated carbocycles. The highest BCUT2D eigenvalue weighted by Crippen LogP contribution is 2.35. The predicted octanol–water partition coefficient (Wildman–Crippen LogP) is 4.98. The average molecular weight is 591 g/mol. The third-order valence-corrected chi connectivity index (χ3v) is 7.80. The highest BCUT2D eigenvalue weighted by molar-refractivity contribution is 5.96. The molecule has 1 saturated heterocycles. The van der Waals surface area contributed by atoms with Crippen LogP contribution in [0.2, 0.25) is 0 Å². The molecule has 2 atom stereocenters. The van der Waals surface area contributed by atoms with Crippen molar-refractivity contribution in [2.45, 2.75) is 70.6 Å². The lowest BCUT2D eigenvalue weighted by atomic mass is 10.0. The molecule has 10 nitrogen and oxygen atoms in total. The number of aromatic nitrogens is 5. The summed E-state index contributed by atoms with van der Waals surface area (Å²) in [7, 11) is 1.85. The number of fused-ring (bicyclic) bond motifs is 1. The smallest absolute Gasteiger partial charge is 0.379 e. The molecule has 4 heterocycles. The first kappa shape index (κ1) is 29.5. The van der Waals surface area contributed by atoms with Crippen LogP contribution in [0.4, 0.5) is 23.2 Å². The van der Waals surface area contributed by atoms with E-state index in [0.717, 1.165) is 11.0 Å². The third kappa shape index (κ3) is 6.27. The molecule has 1 amide bonds. The van der Waals surface area contributed by atoms with Gasteiger partial charge in [0.25, 0.3) is 5.91 Å². The number of benzene rings is 1. The second-order valence-electron chi connectivity index (χ2n) is 11.3. The van der Waals surface area contributed by atoms with Gasteiger partial charge in [-0.3, -0.25) is 9.48 Å². The highest BCUT2D eigenvalue weighted by atomic mass is 19.4. The number of rotatable bonds is 9. The van der Waals surface area contributed by atoms with Gasteiger partial charge in [0, 0.05) is 30.4 Å². The summed E-state index contributed by atoms with van der Waals surface area (Å²) in [6.07, 6.45) is -1.17. The number of hydrogen-bond acceptors (Lipinski definition) is 7. The van der Waals surface area contributed by atoms with E-state index in [1.807, 2.05) is 32.7 Å². The number of piperidine rings is 1. The first-order valence-electron chi connectivity index (χ1n) is 13.8. The number of hydrogen-bond donors (Lipinski definition) is 2. The number of nitrogens with zero attached hydrogens (tertiary/aromatic N) is 6. The van der Waals surface area contributed by atoms with Crippen LogP contribution in [-0.2, 0) is 18.6 Å². The van der Waals surface area contributed by atoms with Crippen molar-refractivity contribution in [1.82, 2.24) is 34.7 Å². The van der Waals surface area contributed by atoms with Crippen LogP contribution < -0.4 is 10.6 Å². The van der Waals surface area contributed by atoms with Gasteiger partial charge < -0.3 is 24.6 Å². The van der Waals surface area contributed by atoms with E-state index in [-0.39, 0.29) is 36.0 Å². The molecule has 0 aliphatic carbocycles. The summed E-state index contributed by atoms with van der Waals surface area (Å²) in [6, 6.07) is 5.99. The van der Waals surface area contributed by atoms with E-state index in [1.54, 1.807) is 35.1 Å². The van der Waals surface area contributed by atoms with Gasteiger partial charge in [-0.05, 0) is 51.9 Å². The Kier molecular flexibility index (Phi) is 8.01. The van der Waals surface area contributed by atoms with E-state index in [0.29, 0.717) is 35.1 Å². The molecule has 1 aromatic carbocycles. The second-order valence-corrected chi connectivity index (χ2v) is 11.3. The first-order chi connectivity index (χ1) is 19.8. The summed E-state index contributed by atoms with van der Waals surface area (Å²) >= 11 is 0. The molecule has 0 bridgehead atoms. The minimum atomic E-state index is -4.53. The summed E-state index contributed by atoms with van der Waals surface area (Å²) in [4.78, 5) is 18.8. The van der Waals surface area contributed by atoms with E-state index in [9.17, 15) is 22.4 Å². The van der Waals surface area contributed by atoms with Gasteiger partial charge in [0.1, 0.15) is 12.7 Å². The van der Waals surface area contributed by atoms with Crippen molar-refractivity contribution in [3.63, 3.8) is 0 Å². The summed E-state index contributed by atoms with van der Waals surface area (Å²) in [5.74, 6) is -0.450. The lowest BCUT2D eigenvalue weighted by Gasteiger charge is -2.33. The lowest BCUT2D eigenvalue weighted by molar-refractivity contribution is -0.139. The van der Waals surface area contributed by atoms with Gasteiger partial charge >= 0.3 is 6.18 Å². The lowest BCUT2D eigenvalue weighted by Crippen LogP contribution is -2.46. The van der Waals surface area contributed by atoms with Crippen LogP contribution in [0, 0.1) is 0 Å². The second kappa shape index (κ2) is 11.4. The molecule has 4 aromatic rings. The van der Waals surface area contributed by atoms with Crippen LogP contribution in [0.1, 0.15) is 49.9 Å².